The number of nitriles is 1. The van der Waals surface area contributed by atoms with E-state index >= 15 is 0 Å². The SMILES string of the molecule is Cc1cccc(-n2nc(-c3ccc(F)cc3F)c(C#N)c2N)c1. The molecule has 114 valence electrons. The van der Waals surface area contributed by atoms with E-state index in [1.54, 1.807) is 6.07 Å². The number of hydrogen-bond donors (Lipinski definition) is 1. The summed E-state index contributed by atoms with van der Waals surface area (Å²) in [5, 5.41) is 13.6. The first-order chi connectivity index (χ1) is 11.0. The number of benzene rings is 2. The molecule has 3 rings (SSSR count). The maximum Gasteiger partial charge on any atom is 0.145 e. The summed E-state index contributed by atoms with van der Waals surface area (Å²) in [5.74, 6) is -1.39. The van der Waals surface area contributed by atoms with Gasteiger partial charge in [-0.1, -0.05) is 12.1 Å². The Morgan fingerprint density at radius 1 is 1.17 bits per heavy atom. The molecule has 0 amide bonds. The minimum absolute atomic E-state index is 0.0288. The first-order valence-corrected chi connectivity index (χ1v) is 6.82. The van der Waals surface area contributed by atoms with Gasteiger partial charge in [0.1, 0.15) is 34.8 Å². The van der Waals surface area contributed by atoms with Crippen LogP contribution in [0.4, 0.5) is 14.6 Å². The predicted octanol–water partition coefficient (Wildman–Crippen LogP) is 3.58. The first kappa shape index (κ1) is 14.7. The standard InChI is InChI=1S/C17H12F2N4/c1-10-3-2-4-12(7-10)23-17(21)14(9-20)16(22-23)13-6-5-11(18)8-15(13)19/h2-8H,21H2,1H3. The van der Waals surface area contributed by atoms with Crippen LogP contribution >= 0.6 is 0 Å². The lowest BCUT2D eigenvalue weighted by Crippen LogP contribution is -2.02. The fourth-order valence-electron chi connectivity index (χ4n) is 2.37. The molecule has 0 aliphatic carbocycles. The molecule has 0 aliphatic rings. The lowest BCUT2D eigenvalue weighted by Gasteiger charge is -2.04. The molecular weight excluding hydrogens is 298 g/mol. The Balaban J connectivity index is 2.24. The maximum absolute atomic E-state index is 14.0. The van der Waals surface area contributed by atoms with Crippen LogP contribution in [-0.4, -0.2) is 9.78 Å². The number of aromatic nitrogens is 2. The van der Waals surface area contributed by atoms with Crippen molar-refractivity contribution >= 4 is 5.82 Å². The zero-order chi connectivity index (χ0) is 16.6. The highest BCUT2D eigenvalue weighted by molar-refractivity contribution is 5.74. The quantitative estimate of drug-likeness (QED) is 0.786. The molecule has 23 heavy (non-hydrogen) atoms. The van der Waals surface area contributed by atoms with Crippen molar-refractivity contribution in [2.24, 2.45) is 0 Å². The van der Waals surface area contributed by atoms with Crippen molar-refractivity contribution in [1.29, 1.82) is 5.26 Å². The smallest absolute Gasteiger partial charge is 0.145 e. The molecule has 0 unspecified atom stereocenters. The van der Waals surface area contributed by atoms with Crippen LogP contribution < -0.4 is 5.73 Å². The van der Waals surface area contributed by atoms with Crippen LogP contribution in [0.15, 0.2) is 42.5 Å². The third-order valence-electron chi connectivity index (χ3n) is 3.47. The number of halogens is 2. The van der Waals surface area contributed by atoms with E-state index in [4.69, 9.17) is 5.73 Å². The van der Waals surface area contributed by atoms with E-state index in [1.165, 1.54) is 10.7 Å². The van der Waals surface area contributed by atoms with Crippen LogP contribution in [0.25, 0.3) is 16.9 Å². The fraction of sp³-hybridized carbons (Fsp3) is 0.0588. The van der Waals surface area contributed by atoms with Gasteiger partial charge < -0.3 is 5.73 Å². The van der Waals surface area contributed by atoms with Gasteiger partial charge in [-0.05, 0) is 36.8 Å². The van der Waals surface area contributed by atoms with E-state index in [9.17, 15) is 14.0 Å². The van der Waals surface area contributed by atoms with Gasteiger partial charge in [0, 0.05) is 11.6 Å². The van der Waals surface area contributed by atoms with Crippen molar-refractivity contribution in [3.05, 3.63) is 65.2 Å². The Labute approximate surface area is 131 Å². The zero-order valence-corrected chi connectivity index (χ0v) is 12.2. The normalized spacial score (nSPS) is 10.5. The van der Waals surface area contributed by atoms with Crippen LogP contribution in [0, 0.1) is 29.9 Å². The van der Waals surface area contributed by atoms with Gasteiger partial charge in [0.2, 0.25) is 0 Å². The summed E-state index contributed by atoms with van der Waals surface area (Å²) in [4.78, 5) is 0. The average molecular weight is 310 g/mol. The van der Waals surface area contributed by atoms with Crippen LogP contribution in [0.5, 0.6) is 0 Å². The summed E-state index contributed by atoms with van der Waals surface area (Å²) < 4.78 is 28.5. The molecule has 0 saturated carbocycles. The van der Waals surface area contributed by atoms with Crippen molar-refractivity contribution in [3.63, 3.8) is 0 Å². The summed E-state index contributed by atoms with van der Waals surface area (Å²) in [6.07, 6.45) is 0. The summed E-state index contributed by atoms with van der Waals surface area (Å²) >= 11 is 0. The number of nitrogens with zero attached hydrogens (tertiary/aromatic N) is 3. The molecular formula is C17H12F2N4. The molecule has 0 bridgehead atoms. The van der Waals surface area contributed by atoms with Crippen molar-refractivity contribution in [1.82, 2.24) is 9.78 Å². The van der Waals surface area contributed by atoms with Gasteiger partial charge >= 0.3 is 0 Å². The Bertz CT molecular complexity index is 938. The van der Waals surface area contributed by atoms with Crippen molar-refractivity contribution in [3.8, 4) is 23.0 Å². The van der Waals surface area contributed by atoms with Crippen LogP contribution in [0.3, 0.4) is 0 Å². The minimum Gasteiger partial charge on any atom is -0.382 e. The van der Waals surface area contributed by atoms with Crippen LogP contribution in [0.2, 0.25) is 0 Å². The van der Waals surface area contributed by atoms with Gasteiger partial charge in [-0.25, -0.2) is 13.5 Å². The monoisotopic (exact) mass is 310 g/mol. The van der Waals surface area contributed by atoms with Gasteiger partial charge in [0.25, 0.3) is 0 Å². The van der Waals surface area contributed by atoms with Crippen LogP contribution in [0.1, 0.15) is 11.1 Å². The van der Waals surface area contributed by atoms with E-state index < -0.39 is 11.6 Å². The van der Waals surface area contributed by atoms with Gasteiger partial charge in [0.05, 0.1) is 5.69 Å². The molecule has 6 heteroatoms. The Hall–Kier alpha value is -3.20. The molecule has 1 heterocycles. The molecule has 0 atom stereocenters. The highest BCUT2D eigenvalue weighted by Crippen LogP contribution is 2.30. The average Bonchev–Trinajstić information content (AvgIpc) is 2.84. The number of anilines is 1. The van der Waals surface area contributed by atoms with E-state index in [0.29, 0.717) is 5.69 Å². The predicted molar refractivity (Wildman–Crippen MR) is 82.8 cm³/mol. The topological polar surface area (TPSA) is 67.6 Å². The van der Waals surface area contributed by atoms with E-state index in [0.717, 1.165) is 17.7 Å². The van der Waals surface area contributed by atoms with Crippen LogP contribution in [-0.2, 0) is 0 Å². The number of aryl methyl sites for hydroxylation is 1. The number of nitrogens with two attached hydrogens (primary N) is 1. The highest BCUT2D eigenvalue weighted by Gasteiger charge is 2.20. The van der Waals surface area contributed by atoms with Gasteiger partial charge in [-0.15, -0.1) is 0 Å². The van der Waals surface area contributed by atoms with Crippen molar-refractivity contribution in [2.45, 2.75) is 6.92 Å². The molecule has 3 aromatic rings. The zero-order valence-electron chi connectivity index (χ0n) is 12.2. The second-order valence-corrected chi connectivity index (χ2v) is 5.10. The second-order valence-electron chi connectivity index (χ2n) is 5.10. The number of nitrogen functional groups attached to an aromatic ring is 1. The molecule has 1 aromatic heterocycles. The molecule has 0 saturated heterocycles. The Kier molecular flexibility index (Phi) is 3.54. The third-order valence-corrected chi connectivity index (χ3v) is 3.47. The molecule has 2 N–H and O–H groups in total. The first-order valence-electron chi connectivity index (χ1n) is 6.82. The van der Waals surface area contributed by atoms with Gasteiger partial charge in [0.15, 0.2) is 0 Å². The lowest BCUT2D eigenvalue weighted by molar-refractivity contribution is 0.585. The summed E-state index contributed by atoms with van der Waals surface area (Å²) in [6, 6.07) is 12.4. The molecule has 0 aliphatic heterocycles. The number of rotatable bonds is 2. The molecule has 2 aromatic carbocycles. The van der Waals surface area contributed by atoms with E-state index in [-0.39, 0.29) is 22.6 Å². The van der Waals surface area contributed by atoms with Crippen molar-refractivity contribution in [2.75, 3.05) is 5.73 Å². The van der Waals surface area contributed by atoms with Crippen molar-refractivity contribution < 1.29 is 8.78 Å². The maximum atomic E-state index is 14.0. The summed E-state index contributed by atoms with van der Waals surface area (Å²) in [6.45, 7) is 1.91. The fourth-order valence-corrected chi connectivity index (χ4v) is 2.37. The third kappa shape index (κ3) is 2.53. The second kappa shape index (κ2) is 5.54. The summed E-state index contributed by atoms with van der Waals surface area (Å²) in [7, 11) is 0. The number of hydrogen-bond acceptors (Lipinski definition) is 3. The summed E-state index contributed by atoms with van der Waals surface area (Å²) in [5.41, 5.74) is 7.82. The molecule has 0 spiro atoms. The Morgan fingerprint density at radius 3 is 2.61 bits per heavy atom. The lowest BCUT2D eigenvalue weighted by atomic mass is 10.1. The molecule has 0 radical (unpaired) electrons. The minimum atomic E-state index is -0.796. The van der Waals surface area contributed by atoms with Gasteiger partial charge in [-0.3, -0.25) is 0 Å². The molecule has 0 fully saturated rings. The Morgan fingerprint density at radius 2 is 1.96 bits per heavy atom. The van der Waals surface area contributed by atoms with E-state index in [1.807, 2.05) is 31.2 Å². The van der Waals surface area contributed by atoms with Gasteiger partial charge in [-0.2, -0.15) is 10.4 Å². The molecule has 4 nitrogen and oxygen atoms in total. The highest BCUT2D eigenvalue weighted by atomic mass is 19.1. The largest absolute Gasteiger partial charge is 0.382 e. The van der Waals surface area contributed by atoms with E-state index in [2.05, 4.69) is 5.10 Å².